The standard InChI is InChI=1S/C16H18Cl2N2O/c1-16(2,3)19-10-12-5-4-6-15(20-12)21-14-9-11(17)7-8-13(14)18/h4-9,19H,10H2,1-3H3. The fourth-order valence-electron chi connectivity index (χ4n) is 1.64. The predicted octanol–water partition coefficient (Wildman–Crippen LogP) is 5.07. The summed E-state index contributed by atoms with van der Waals surface area (Å²) in [6, 6.07) is 10.7. The first-order chi connectivity index (χ1) is 9.83. The summed E-state index contributed by atoms with van der Waals surface area (Å²) in [6.07, 6.45) is 0. The van der Waals surface area contributed by atoms with Crippen molar-refractivity contribution in [1.29, 1.82) is 0 Å². The zero-order chi connectivity index (χ0) is 15.5. The van der Waals surface area contributed by atoms with E-state index >= 15 is 0 Å². The lowest BCUT2D eigenvalue weighted by molar-refractivity contribution is 0.416. The Morgan fingerprint density at radius 3 is 2.62 bits per heavy atom. The van der Waals surface area contributed by atoms with Crippen molar-refractivity contribution in [3.05, 3.63) is 52.1 Å². The summed E-state index contributed by atoms with van der Waals surface area (Å²) in [6.45, 7) is 7.00. The molecule has 0 aliphatic heterocycles. The molecule has 1 aromatic carbocycles. The molecule has 0 aliphatic carbocycles. The molecule has 0 spiro atoms. The van der Waals surface area contributed by atoms with Crippen LogP contribution in [0.2, 0.25) is 10.0 Å². The van der Waals surface area contributed by atoms with Crippen LogP contribution in [-0.2, 0) is 6.54 Å². The monoisotopic (exact) mass is 324 g/mol. The van der Waals surface area contributed by atoms with Crippen LogP contribution in [0, 0.1) is 0 Å². The van der Waals surface area contributed by atoms with Gasteiger partial charge in [0, 0.05) is 29.2 Å². The highest BCUT2D eigenvalue weighted by molar-refractivity contribution is 6.34. The average molecular weight is 325 g/mol. The number of nitrogens with one attached hydrogen (secondary N) is 1. The van der Waals surface area contributed by atoms with E-state index in [2.05, 4.69) is 31.1 Å². The Bertz CT molecular complexity index is 624. The fourth-order valence-corrected chi connectivity index (χ4v) is 1.95. The highest BCUT2D eigenvalue weighted by Crippen LogP contribution is 2.31. The minimum atomic E-state index is 0.0365. The van der Waals surface area contributed by atoms with Gasteiger partial charge >= 0.3 is 0 Å². The van der Waals surface area contributed by atoms with Crippen LogP contribution in [0.1, 0.15) is 26.5 Å². The van der Waals surface area contributed by atoms with Gasteiger partial charge in [-0.3, -0.25) is 0 Å². The third-order valence-electron chi connectivity index (χ3n) is 2.69. The van der Waals surface area contributed by atoms with E-state index in [1.807, 2.05) is 12.1 Å². The maximum absolute atomic E-state index is 6.08. The van der Waals surface area contributed by atoms with E-state index in [4.69, 9.17) is 27.9 Å². The van der Waals surface area contributed by atoms with Crippen LogP contribution >= 0.6 is 23.2 Å². The molecule has 0 amide bonds. The molecule has 21 heavy (non-hydrogen) atoms. The quantitative estimate of drug-likeness (QED) is 0.852. The molecule has 0 fully saturated rings. The lowest BCUT2D eigenvalue weighted by atomic mass is 10.1. The molecule has 0 unspecified atom stereocenters. The van der Waals surface area contributed by atoms with Gasteiger partial charge in [0.2, 0.25) is 5.88 Å². The third kappa shape index (κ3) is 5.20. The normalized spacial score (nSPS) is 11.5. The van der Waals surface area contributed by atoms with Crippen LogP contribution < -0.4 is 10.1 Å². The SMILES string of the molecule is CC(C)(C)NCc1cccc(Oc2cc(Cl)ccc2Cl)n1. The van der Waals surface area contributed by atoms with Crippen LogP contribution in [0.4, 0.5) is 0 Å². The molecule has 0 aliphatic rings. The van der Waals surface area contributed by atoms with Gasteiger partial charge in [0.15, 0.2) is 0 Å². The second-order valence-corrected chi connectivity index (χ2v) is 6.59. The molecule has 1 heterocycles. The molecule has 0 radical (unpaired) electrons. The number of halogens is 2. The molecular formula is C16H18Cl2N2O. The minimum absolute atomic E-state index is 0.0365. The Morgan fingerprint density at radius 1 is 1.14 bits per heavy atom. The summed E-state index contributed by atoms with van der Waals surface area (Å²) in [5.41, 5.74) is 0.940. The first kappa shape index (κ1) is 16.1. The summed E-state index contributed by atoms with van der Waals surface area (Å²) in [7, 11) is 0. The Morgan fingerprint density at radius 2 is 1.90 bits per heavy atom. The van der Waals surface area contributed by atoms with Crippen LogP contribution in [0.3, 0.4) is 0 Å². The average Bonchev–Trinajstić information content (AvgIpc) is 2.40. The third-order valence-corrected chi connectivity index (χ3v) is 3.24. The number of hydrogen-bond acceptors (Lipinski definition) is 3. The van der Waals surface area contributed by atoms with E-state index in [1.54, 1.807) is 24.3 Å². The molecule has 112 valence electrons. The number of nitrogens with zero attached hydrogens (tertiary/aromatic N) is 1. The number of benzene rings is 1. The summed E-state index contributed by atoms with van der Waals surface area (Å²) in [4.78, 5) is 4.46. The zero-order valence-corrected chi connectivity index (χ0v) is 13.8. The van der Waals surface area contributed by atoms with Gasteiger partial charge in [0.1, 0.15) is 5.75 Å². The van der Waals surface area contributed by atoms with Gasteiger partial charge in [-0.05, 0) is 39.0 Å². The lowest BCUT2D eigenvalue weighted by Gasteiger charge is -2.20. The maximum atomic E-state index is 6.08. The molecule has 3 nitrogen and oxygen atoms in total. The Kier molecular flexibility index (Phi) is 5.09. The highest BCUT2D eigenvalue weighted by Gasteiger charge is 2.10. The van der Waals surface area contributed by atoms with Gasteiger partial charge in [-0.1, -0.05) is 29.3 Å². The zero-order valence-electron chi connectivity index (χ0n) is 12.3. The number of rotatable bonds is 4. The smallest absolute Gasteiger partial charge is 0.219 e. The molecule has 0 bridgehead atoms. The second-order valence-electron chi connectivity index (χ2n) is 5.75. The lowest BCUT2D eigenvalue weighted by Crippen LogP contribution is -2.35. The highest BCUT2D eigenvalue weighted by atomic mass is 35.5. The van der Waals surface area contributed by atoms with Crippen LogP contribution in [0.5, 0.6) is 11.6 Å². The van der Waals surface area contributed by atoms with Crippen molar-refractivity contribution in [2.45, 2.75) is 32.9 Å². The summed E-state index contributed by atoms with van der Waals surface area (Å²) in [5.74, 6) is 0.991. The minimum Gasteiger partial charge on any atom is -0.437 e. The molecular weight excluding hydrogens is 307 g/mol. The van der Waals surface area contributed by atoms with Crippen molar-refractivity contribution in [3.63, 3.8) is 0 Å². The van der Waals surface area contributed by atoms with Gasteiger partial charge in [0.05, 0.1) is 10.7 Å². The molecule has 2 rings (SSSR count). The molecule has 1 N–H and O–H groups in total. The summed E-state index contributed by atoms with van der Waals surface area (Å²) in [5, 5.41) is 4.45. The number of pyridine rings is 1. The van der Waals surface area contributed by atoms with Crippen LogP contribution in [-0.4, -0.2) is 10.5 Å². The Labute approximate surface area is 135 Å². The largest absolute Gasteiger partial charge is 0.437 e. The van der Waals surface area contributed by atoms with Gasteiger partial charge < -0.3 is 10.1 Å². The molecule has 0 saturated heterocycles. The van der Waals surface area contributed by atoms with Crippen molar-refractivity contribution in [2.75, 3.05) is 0 Å². The second kappa shape index (κ2) is 6.65. The van der Waals surface area contributed by atoms with E-state index < -0.39 is 0 Å². The first-order valence-corrected chi connectivity index (χ1v) is 7.43. The molecule has 2 aromatic rings. The number of aromatic nitrogens is 1. The van der Waals surface area contributed by atoms with E-state index in [0.29, 0.717) is 28.2 Å². The van der Waals surface area contributed by atoms with E-state index in [0.717, 1.165) is 5.69 Å². The van der Waals surface area contributed by atoms with Crippen LogP contribution in [0.25, 0.3) is 0 Å². The Hall–Kier alpha value is -1.29. The molecule has 0 saturated carbocycles. The van der Waals surface area contributed by atoms with Gasteiger partial charge in [-0.2, -0.15) is 0 Å². The number of ether oxygens (including phenoxy) is 1. The summed E-state index contributed by atoms with van der Waals surface area (Å²) < 4.78 is 5.71. The van der Waals surface area contributed by atoms with Gasteiger partial charge in [-0.15, -0.1) is 0 Å². The van der Waals surface area contributed by atoms with Crippen molar-refractivity contribution < 1.29 is 4.74 Å². The van der Waals surface area contributed by atoms with E-state index in [-0.39, 0.29) is 5.54 Å². The van der Waals surface area contributed by atoms with E-state index in [1.165, 1.54) is 0 Å². The fraction of sp³-hybridized carbons (Fsp3) is 0.312. The summed E-state index contributed by atoms with van der Waals surface area (Å²) >= 11 is 12.0. The van der Waals surface area contributed by atoms with E-state index in [9.17, 15) is 0 Å². The molecule has 0 atom stereocenters. The molecule has 5 heteroatoms. The maximum Gasteiger partial charge on any atom is 0.219 e. The number of hydrogen-bond donors (Lipinski definition) is 1. The first-order valence-electron chi connectivity index (χ1n) is 6.67. The van der Waals surface area contributed by atoms with Crippen molar-refractivity contribution >= 4 is 23.2 Å². The van der Waals surface area contributed by atoms with Crippen molar-refractivity contribution in [3.8, 4) is 11.6 Å². The van der Waals surface area contributed by atoms with Crippen molar-refractivity contribution in [1.82, 2.24) is 10.3 Å². The Balaban J connectivity index is 2.12. The topological polar surface area (TPSA) is 34.1 Å². The molecule has 1 aromatic heterocycles. The van der Waals surface area contributed by atoms with Gasteiger partial charge in [0.25, 0.3) is 0 Å². The van der Waals surface area contributed by atoms with Crippen LogP contribution in [0.15, 0.2) is 36.4 Å². The van der Waals surface area contributed by atoms with Gasteiger partial charge in [-0.25, -0.2) is 4.98 Å². The predicted molar refractivity (Wildman–Crippen MR) is 87.4 cm³/mol. The van der Waals surface area contributed by atoms with Crippen molar-refractivity contribution in [2.24, 2.45) is 0 Å².